The lowest BCUT2D eigenvalue weighted by Gasteiger charge is -2.37. The molecule has 26 heavy (non-hydrogen) atoms. The molecule has 0 unspecified atom stereocenters. The van der Waals surface area contributed by atoms with Crippen molar-refractivity contribution in [3.05, 3.63) is 42.0 Å². The SMILES string of the molecule is C=CCn1c(-c2cccnc2)nn(CN2CCC3(CC2)OCCO3)c1=S. The first-order valence-corrected chi connectivity index (χ1v) is 9.31. The fourth-order valence-corrected chi connectivity index (χ4v) is 3.81. The van der Waals surface area contributed by atoms with Gasteiger partial charge in [-0.1, -0.05) is 6.08 Å². The summed E-state index contributed by atoms with van der Waals surface area (Å²) in [4.78, 5) is 6.53. The van der Waals surface area contributed by atoms with E-state index in [1.807, 2.05) is 27.5 Å². The van der Waals surface area contributed by atoms with Gasteiger partial charge in [-0.3, -0.25) is 14.5 Å². The topological polar surface area (TPSA) is 57.3 Å². The van der Waals surface area contributed by atoms with Gasteiger partial charge in [-0.2, -0.15) is 5.10 Å². The Balaban J connectivity index is 1.54. The Bertz CT molecular complexity index is 816. The molecular formula is C18H23N5O2S. The molecule has 1 spiro atoms. The van der Waals surface area contributed by atoms with E-state index in [0.29, 0.717) is 31.2 Å². The Morgan fingerprint density at radius 2 is 2.04 bits per heavy atom. The molecule has 2 aromatic rings. The number of hydrogen-bond acceptors (Lipinski definition) is 6. The second kappa shape index (κ2) is 7.40. The van der Waals surface area contributed by atoms with Gasteiger partial charge in [-0.15, -0.1) is 6.58 Å². The largest absolute Gasteiger partial charge is 0.347 e. The molecular weight excluding hydrogens is 350 g/mol. The second-order valence-electron chi connectivity index (χ2n) is 6.61. The van der Waals surface area contributed by atoms with Gasteiger partial charge in [0.05, 0.1) is 19.9 Å². The predicted octanol–water partition coefficient (Wildman–Crippen LogP) is 2.46. The molecule has 0 amide bonds. The van der Waals surface area contributed by atoms with Gasteiger partial charge in [0.2, 0.25) is 0 Å². The molecule has 138 valence electrons. The number of piperidine rings is 1. The minimum atomic E-state index is -0.360. The monoisotopic (exact) mass is 373 g/mol. The van der Waals surface area contributed by atoms with Crippen molar-refractivity contribution in [2.45, 2.75) is 31.8 Å². The standard InChI is InChI=1S/C18H23N5O2S/c1-2-8-22-16(15-4-3-7-19-13-15)20-23(17(22)26)14-21-9-5-18(6-10-21)24-11-12-25-18/h2-4,7,13H,1,5-6,8-12,14H2. The van der Waals surface area contributed by atoms with Crippen LogP contribution in [0.25, 0.3) is 11.4 Å². The highest BCUT2D eigenvalue weighted by atomic mass is 32.1. The van der Waals surface area contributed by atoms with Crippen molar-refractivity contribution < 1.29 is 9.47 Å². The third-order valence-electron chi connectivity index (χ3n) is 4.92. The van der Waals surface area contributed by atoms with E-state index in [9.17, 15) is 0 Å². The van der Waals surface area contributed by atoms with Crippen LogP contribution in [0.2, 0.25) is 0 Å². The predicted molar refractivity (Wildman–Crippen MR) is 99.9 cm³/mol. The van der Waals surface area contributed by atoms with Crippen LogP contribution in [0.15, 0.2) is 37.2 Å². The summed E-state index contributed by atoms with van der Waals surface area (Å²) in [6, 6.07) is 3.90. The molecule has 0 atom stereocenters. The van der Waals surface area contributed by atoms with Gasteiger partial charge in [0.1, 0.15) is 0 Å². The third kappa shape index (κ3) is 3.37. The maximum absolute atomic E-state index is 5.80. The summed E-state index contributed by atoms with van der Waals surface area (Å²) in [5.74, 6) is 0.458. The molecule has 4 rings (SSSR count). The van der Waals surface area contributed by atoms with Crippen LogP contribution in [0.1, 0.15) is 12.8 Å². The van der Waals surface area contributed by atoms with E-state index in [4.69, 9.17) is 26.8 Å². The van der Waals surface area contributed by atoms with E-state index in [1.165, 1.54) is 0 Å². The van der Waals surface area contributed by atoms with E-state index in [1.54, 1.807) is 12.4 Å². The minimum Gasteiger partial charge on any atom is -0.347 e. The zero-order valence-electron chi connectivity index (χ0n) is 14.7. The van der Waals surface area contributed by atoms with Gasteiger partial charge >= 0.3 is 0 Å². The number of nitrogens with zero attached hydrogens (tertiary/aromatic N) is 5. The lowest BCUT2D eigenvalue weighted by Crippen LogP contribution is -2.45. The van der Waals surface area contributed by atoms with Crippen molar-refractivity contribution in [2.75, 3.05) is 26.3 Å². The van der Waals surface area contributed by atoms with Crippen LogP contribution in [0.3, 0.4) is 0 Å². The van der Waals surface area contributed by atoms with E-state index >= 15 is 0 Å². The fraction of sp³-hybridized carbons (Fsp3) is 0.500. The molecule has 0 aromatic carbocycles. The summed E-state index contributed by atoms with van der Waals surface area (Å²) in [7, 11) is 0. The molecule has 0 aliphatic carbocycles. The molecule has 7 nitrogen and oxygen atoms in total. The quantitative estimate of drug-likeness (QED) is 0.593. The summed E-state index contributed by atoms with van der Waals surface area (Å²) < 4.78 is 16.2. The van der Waals surface area contributed by atoms with Crippen LogP contribution in [-0.2, 0) is 22.7 Å². The maximum Gasteiger partial charge on any atom is 0.199 e. The molecule has 0 bridgehead atoms. The van der Waals surface area contributed by atoms with Crippen LogP contribution >= 0.6 is 12.2 Å². The second-order valence-corrected chi connectivity index (χ2v) is 6.98. The third-order valence-corrected chi connectivity index (χ3v) is 5.35. The van der Waals surface area contributed by atoms with E-state index in [2.05, 4.69) is 16.5 Å². The van der Waals surface area contributed by atoms with Gasteiger partial charge in [0.25, 0.3) is 0 Å². The molecule has 8 heteroatoms. The molecule has 2 saturated heterocycles. The number of hydrogen-bond donors (Lipinski definition) is 0. The fourth-order valence-electron chi connectivity index (χ4n) is 3.55. The first kappa shape index (κ1) is 17.5. The average Bonchev–Trinajstić information content (AvgIpc) is 3.25. The summed E-state index contributed by atoms with van der Waals surface area (Å²) >= 11 is 5.67. The smallest absolute Gasteiger partial charge is 0.199 e. The lowest BCUT2D eigenvalue weighted by molar-refractivity contribution is -0.187. The molecule has 0 radical (unpaired) electrons. The number of aromatic nitrogens is 4. The normalized spacial score (nSPS) is 19.8. The zero-order chi connectivity index (χ0) is 18.0. The van der Waals surface area contributed by atoms with Crippen LogP contribution in [0.4, 0.5) is 0 Å². The molecule has 4 heterocycles. The lowest BCUT2D eigenvalue weighted by atomic mass is 10.0. The van der Waals surface area contributed by atoms with Crippen molar-refractivity contribution >= 4 is 12.2 Å². The Morgan fingerprint density at radius 1 is 1.27 bits per heavy atom. The van der Waals surface area contributed by atoms with Gasteiger partial charge in [-0.05, 0) is 24.4 Å². The highest BCUT2D eigenvalue weighted by Gasteiger charge is 2.39. The van der Waals surface area contributed by atoms with Gasteiger partial charge < -0.3 is 9.47 Å². The summed E-state index contributed by atoms with van der Waals surface area (Å²) in [5.41, 5.74) is 0.949. The van der Waals surface area contributed by atoms with Crippen molar-refractivity contribution in [3.8, 4) is 11.4 Å². The summed E-state index contributed by atoms with van der Waals surface area (Å²) in [6.45, 7) is 8.32. The Kier molecular flexibility index (Phi) is 4.99. The van der Waals surface area contributed by atoms with Crippen LogP contribution in [0, 0.1) is 4.77 Å². The molecule has 0 saturated carbocycles. The van der Waals surface area contributed by atoms with Crippen molar-refractivity contribution in [1.29, 1.82) is 0 Å². The number of allylic oxidation sites excluding steroid dienone is 1. The first-order chi connectivity index (χ1) is 12.7. The zero-order valence-corrected chi connectivity index (χ0v) is 15.5. The highest BCUT2D eigenvalue weighted by Crippen LogP contribution is 2.31. The molecule has 2 aliphatic heterocycles. The molecule has 2 aromatic heterocycles. The van der Waals surface area contributed by atoms with Crippen LogP contribution in [-0.4, -0.2) is 56.3 Å². The number of pyridine rings is 1. The van der Waals surface area contributed by atoms with Gasteiger partial charge in [0, 0.05) is 50.4 Å². The van der Waals surface area contributed by atoms with Crippen LogP contribution in [0.5, 0.6) is 0 Å². The Hall–Kier alpha value is -1.87. The van der Waals surface area contributed by atoms with Gasteiger partial charge in [0.15, 0.2) is 16.4 Å². The van der Waals surface area contributed by atoms with E-state index in [-0.39, 0.29) is 5.79 Å². The number of likely N-dealkylation sites (tertiary alicyclic amines) is 1. The van der Waals surface area contributed by atoms with Crippen molar-refractivity contribution in [1.82, 2.24) is 24.2 Å². The maximum atomic E-state index is 5.80. The van der Waals surface area contributed by atoms with Gasteiger partial charge in [-0.25, -0.2) is 4.68 Å². The van der Waals surface area contributed by atoms with Crippen molar-refractivity contribution in [3.63, 3.8) is 0 Å². The Labute approximate surface area is 157 Å². The minimum absolute atomic E-state index is 0.360. The van der Waals surface area contributed by atoms with Crippen molar-refractivity contribution in [2.24, 2.45) is 0 Å². The summed E-state index contributed by atoms with van der Waals surface area (Å²) in [5, 5.41) is 4.77. The van der Waals surface area contributed by atoms with E-state index in [0.717, 1.165) is 37.3 Å². The molecule has 0 N–H and O–H groups in total. The number of rotatable bonds is 5. The molecule has 2 aliphatic rings. The Morgan fingerprint density at radius 3 is 2.69 bits per heavy atom. The van der Waals surface area contributed by atoms with E-state index < -0.39 is 0 Å². The molecule has 2 fully saturated rings. The highest BCUT2D eigenvalue weighted by molar-refractivity contribution is 7.71. The summed E-state index contributed by atoms with van der Waals surface area (Å²) in [6.07, 6.45) is 7.15. The van der Waals surface area contributed by atoms with Crippen LogP contribution < -0.4 is 0 Å². The number of ether oxygens (including phenoxy) is 2. The average molecular weight is 373 g/mol. The first-order valence-electron chi connectivity index (χ1n) is 8.90.